The maximum absolute atomic E-state index is 11.8. The molecule has 1 aliphatic heterocycles. The average Bonchev–Trinajstić information content (AvgIpc) is 2.52. The van der Waals surface area contributed by atoms with Crippen LogP contribution < -0.4 is 11.1 Å². The molecule has 1 heterocycles. The van der Waals surface area contributed by atoms with E-state index in [9.17, 15) is 4.79 Å². The Kier molecular flexibility index (Phi) is 5.98. The zero-order chi connectivity index (χ0) is 14.2. The number of nitrogens with one attached hydrogen (secondary N) is 1. The highest BCUT2D eigenvalue weighted by Gasteiger charge is 2.15. The molecule has 3 N–H and O–H groups in total. The first-order valence-electron chi connectivity index (χ1n) is 7.02. The van der Waals surface area contributed by atoms with Gasteiger partial charge in [-0.3, -0.25) is 4.79 Å². The van der Waals surface area contributed by atoms with Gasteiger partial charge in [0.1, 0.15) is 0 Å². The Morgan fingerprint density at radius 2 is 2.15 bits per heavy atom. The summed E-state index contributed by atoms with van der Waals surface area (Å²) in [6, 6.07) is 9.72. The van der Waals surface area contributed by atoms with E-state index in [1.165, 1.54) is 0 Å². The van der Waals surface area contributed by atoms with E-state index in [2.05, 4.69) is 5.32 Å². The van der Waals surface area contributed by atoms with Crippen LogP contribution in [0.2, 0.25) is 0 Å². The first-order chi connectivity index (χ1) is 9.75. The molecule has 0 aromatic heterocycles. The Hall–Kier alpha value is -1.43. The van der Waals surface area contributed by atoms with Crippen LogP contribution in [0.15, 0.2) is 30.3 Å². The maximum Gasteiger partial charge on any atom is 0.220 e. The van der Waals surface area contributed by atoms with Crippen molar-refractivity contribution in [2.24, 2.45) is 5.73 Å². The van der Waals surface area contributed by atoms with Gasteiger partial charge >= 0.3 is 0 Å². The van der Waals surface area contributed by atoms with Gasteiger partial charge in [-0.1, -0.05) is 30.3 Å². The minimum absolute atomic E-state index is 0.00514. The molecule has 20 heavy (non-hydrogen) atoms. The summed E-state index contributed by atoms with van der Waals surface area (Å²) in [7, 11) is 0. The lowest BCUT2D eigenvalue weighted by Gasteiger charge is -2.23. The van der Waals surface area contributed by atoms with Crippen molar-refractivity contribution in [1.29, 1.82) is 0 Å². The lowest BCUT2D eigenvalue weighted by molar-refractivity contribution is -0.124. The predicted octanol–water partition coefficient (Wildman–Crippen LogP) is 0.998. The van der Waals surface area contributed by atoms with Crippen LogP contribution in [-0.2, 0) is 14.3 Å². The first kappa shape index (κ1) is 15.0. The third kappa shape index (κ3) is 4.92. The van der Waals surface area contributed by atoms with E-state index in [4.69, 9.17) is 15.2 Å². The summed E-state index contributed by atoms with van der Waals surface area (Å²) in [6.07, 6.45) is 1.03. The maximum atomic E-state index is 11.8. The van der Waals surface area contributed by atoms with E-state index in [1.54, 1.807) is 0 Å². The Morgan fingerprint density at radius 1 is 1.35 bits per heavy atom. The van der Waals surface area contributed by atoms with Crippen LogP contribution in [0.3, 0.4) is 0 Å². The van der Waals surface area contributed by atoms with Gasteiger partial charge in [0.15, 0.2) is 0 Å². The van der Waals surface area contributed by atoms with Crippen molar-refractivity contribution in [3.8, 4) is 0 Å². The Bertz CT molecular complexity index is 405. The largest absolute Gasteiger partial charge is 0.376 e. The van der Waals surface area contributed by atoms with E-state index in [0.29, 0.717) is 39.2 Å². The van der Waals surface area contributed by atoms with E-state index in [0.717, 1.165) is 5.56 Å². The molecule has 1 aromatic rings. The highest BCUT2D eigenvalue weighted by molar-refractivity contribution is 5.75. The quantitative estimate of drug-likeness (QED) is 0.814. The standard InChI is InChI=1S/C15H22N2O3/c16-14(12-4-2-1-3-5-12)6-7-15(18)17-10-13-11-19-8-9-20-13/h1-5,13-14H,6-11,16H2,(H,17,18). The van der Waals surface area contributed by atoms with E-state index in [-0.39, 0.29) is 18.1 Å². The van der Waals surface area contributed by atoms with Crippen molar-refractivity contribution in [2.75, 3.05) is 26.4 Å². The molecular weight excluding hydrogens is 256 g/mol. The number of rotatable bonds is 6. The van der Waals surface area contributed by atoms with Crippen LogP contribution in [0.25, 0.3) is 0 Å². The highest BCUT2D eigenvalue weighted by Crippen LogP contribution is 2.14. The topological polar surface area (TPSA) is 73.6 Å². The molecule has 0 spiro atoms. The summed E-state index contributed by atoms with van der Waals surface area (Å²) in [4.78, 5) is 11.8. The lowest BCUT2D eigenvalue weighted by atomic mass is 10.0. The minimum Gasteiger partial charge on any atom is -0.376 e. The summed E-state index contributed by atoms with van der Waals surface area (Å²) < 4.78 is 10.7. The van der Waals surface area contributed by atoms with Gasteiger partial charge in [0.2, 0.25) is 5.91 Å². The number of carbonyl (C=O) groups excluding carboxylic acids is 1. The average molecular weight is 278 g/mol. The molecule has 1 aliphatic rings. The SMILES string of the molecule is NC(CCC(=O)NCC1COCCO1)c1ccccc1. The van der Waals surface area contributed by atoms with Crippen LogP contribution in [0.5, 0.6) is 0 Å². The smallest absolute Gasteiger partial charge is 0.220 e. The highest BCUT2D eigenvalue weighted by atomic mass is 16.6. The summed E-state index contributed by atoms with van der Waals surface area (Å²) in [5.74, 6) is 0.00514. The van der Waals surface area contributed by atoms with Gasteiger partial charge in [-0.15, -0.1) is 0 Å². The molecule has 2 unspecified atom stereocenters. The third-order valence-electron chi connectivity index (χ3n) is 3.32. The molecule has 1 amide bonds. The molecule has 0 radical (unpaired) electrons. The number of hydrogen-bond donors (Lipinski definition) is 2. The number of hydrogen-bond acceptors (Lipinski definition) is 4. The molecule has 5 heteroatoms. The number of nitrogens with two attached hydrogens (primary N) is 1. The number of ether oxygens (including phenoxy) is 2. The second-order valence-electron chi connectivity index (χ2n) is 4.93. The summed E-state index contributed by atoms with van der Waals surface area (Å²) in [5.41, 5.74) is 7.12. The molecule has 5 nitrogen and oxygen atoms in total. The lowest BCUT2D eigenvalue weighted by Crippen LogP contribution is -2.39. The zero-order valence-corrected chi connectivity index (χ0v) is 11.6. The molecule has 110 valence electrons. The number of benzene rings is 1. The zero-order valence-electron chi connectivity index (χ0n) is 11.6. The van der Waals surface area contributed by atoms with Crippen molar-refractivity contribution >= 4 is 5.91 Å². The third-order valence-corrected chi connectivity index (χ3v) is 3.32. The van der Waals surface area contributed by atoms with Crippen molar-refractivity contribution in [1.82, 2.24) is 5.32 Å². The van der Waals surface area contributed by atoms with Gasteiger partial charge in [0.25, 0.3) is 0 Å². The van der Waals surface area contributed by atoms with E-state index < -0.39 is 0 Å². The second-order valence-corrected chi connectivity index (χ2v) is 4.93. The van der Waals surface area contributed by atoms with E-state index >= 15 is 0 Å². The van der Waals surface area contributed by atoms with Crippen molar-refractivity contribution < 1.29 is 14.3 Å². The van der Waals surface area contributed by atoms with Crippen LogP contribution in [0.4, 0.5) is 0 Å². The monoisotopic (exact) mass is 278 g/mol. The minimum atomic E-state index is -0.101. The molecule has 0 aliphatic carbocycles. The van der Waals surface area contributed by atoms with Crippen molar-refractivity contribution in [3.63, 3.8) is 0 Å². The van der Waals surface area contributed by atoms with Crippen LogP contribution in [0.1, 0.15) is 24.4 Å². The van der Waals surface area contributed by atoms with Gasteiger partial charge in [-0.25, -0.2) is 0 Å². The second kappa shape index (κ2) is 7.99. The predicted molar refractivity (Wildman–Crippen MR) is 76.2 cm³/mol. The molecule has 2 atom stereocenters. The fourth-order valence-electron chi connectivity index (χ4n) is 2.12. The molecule has 0 bridgehead atoms. The number of carbonyl (C=O) groups is 1. The van der Waals surface area contributed by atoms with Crippen LogP contribution in [0, 0.1) is 0 Å². The van der Waals surface area contributed by atoms with Gasteiger partial charge in [0, 0.05) is 19.0 Å². The number of amides is 1. The van der Waals surface area contributed by atoms with Crippen molar-refractivity contribution in [3.05, 3.63) is 35.9 Å². The van der Waals surface area contributed by atoms with Gasteiger partial charge in [0.05, 0.1) is 25.9 Å². The summed E-state index contributed by atoms with van der Waals surface area (Å²) >= 11 is 0. The van der Waals surface area contributed by atoms with E-state index in [1.807, 2.05) is 30.3 Å². The Labute approximate surface area is 119 Å². The molecule has 1 saturated heterocycles. The first-order valence-corrected chi connectivity index (χ1v) is 7.02. The molecule has 1 aromatic carbocycles. The molecule has 0 saturated carbocycles. The summed E-state index contributed by atoms with van der Waals surface area (Å²) in [5, 5.41) is 2.86. The summed E-state index contributed by atoms with van der Waals surface area (Å²) in [6.45, 7) is 2.28. The van der Waals surface area contributed by atoms with Gasteiger partial charge < -0.3 is 20.5 Å². The molecule has 2 rings (SSSR count). The van der Waals surface area contributed by atoms with Gasteiger partial charge in [-0.05, 0) is 12.0 Å². The van der Waals surface area contributed by atoms with Gasteiger partial charge in [-0.2, -0.15) is 0 Å². The fourth-order valence-corrected chi connectivity index (χ4v) is 2.12. The van der Waals surface area contributed by atoms with Crippen molar-refractivity contribution in [2.45, 2.75) is 25.0 Å². The van der Waals surface area contributed by atoms with Crippen LogP contribution in [-0.4, -0.2) is 38.4 Å². The Balaban J connectivity index is 1.64. The normalized spacial score (nSPS) is 20.4. The Morgan fingerprint density at radius 3 is 2.85 bits per heavy atom. The fraction of sp³-hybridized carbons (Fsp3) is 0.533. The molecule has 1 fully saturated rings. The van der Waals surface area contributed by atoms with Crippen LogP contribution >= 0.6 is 0 Å². The molecular formula is C15H22N2O3.